The molecule has 0 spiro atoms. The van der Waals surface area contributed by atoms with Crippen molar-refractivity contribution < 1.29 is 0 Å². The molecule has 2 aromatic heterocycles. The van der Waals surface area contributed by atoms with Crippen molar-refractivity contribution in [2.75, 3.05) is 16.5 Å². The highest BCUT2D eigenvalue weighted by atomic mass is 15.4. The Labute approximate surface area is 325 Å². The van der Waals surface area contributed by atoms with E-state index in [4.69, 9.17) is 4.98 Å². The number of hydrogen-bond acceptors (Lipinski definition) is 3. The molecule has 8 aromatic rings. The number of fused-ring (bicyclic) bond motifs is 4. The van der Waals surface area contributed by atoms with Crippen LogP contribution < -0.4 is 26.2 Å². The highest BCUT2D eigenvalue weighted by Gasteiger charge is 2.30. The van der Waals surface area contributed by atoms with Gasteiger partial charge < -0.3 is 9.80 Å². The average Bonchev–Trinajstić information content (AvgIpc) is 3.74. The Hall–Kier alpha value is -6.07. The Morgan fingerprint density at radius 2 is 1.05 bits per heavy atom. The van der Waals surface area contributed by atoms with E-state index in [-0.39, 0.29) is 17.5 Å². The fraction of sp³-hybridized carbons (Fsp3) is 0.180. The van der Waals surface area contributed by atoms with E-state index in [1.807, 2.05) is 6.20 Å². The van der Waals surface area contributed by atoms with Crippen LogP contribution in [0.5, 0.6) is 0 Å². The largest absolute Gasteiger partial charge is 0.321 e. The van der Waals surface area contributed by atoms with Gasteiger partial charge >= 0.3 is 0 Å². The maximum absolute atomic E-state index is 4.96. The van der Waals surface area contributed by atoms with Crippen molar-refractivity contribution >= 4 is 67.7 Å². The molecule has 0 fully saturated rings. The van der Waals surface area contributed by atoms with Crippen molar-refractivity contribution in [1.82, 2.24) is 9.55 Å². The van der Waals surface area contributed by atoms with Crippen LogP contribution in [0.1, 0.15) is 52.7 Å². The zero-order valence-electron chi connectivity index (χ0n) is 32.7. The molecule has 4 nitrogen and oxygen atoms in total. The summed E-state index contributed by atoms with van der Waals surface area (Å²) >= 11 is 0. The van der Waals surface area contributed by atoms with Gasteiger partial charge in [0.1, 0.15) is 12.5 Å². The molecule has 55 heavy (non-hydrogen) atoms. The summed E-state index contributed by atoms with van der Waals surface area (Å²) in [7, 11) is 0. The Morgan fingerprint density at radius 3 is 1.78 bits per heavy atom. The van der Waals surface area contributed by atoms with Crippen molar-refractivity contribution in [3.8, 4) is 5.82 Å². The lowest BCUT2D eigenvalue weighted by Crippen LogP contribution is -2.52. The zero-order chi connectivity index (χ0) is 37.9. The molecule has 1 aliphatic rings. The zero-order valence-corrected chi connectivity index (χ0v) is 32.7. The molecule has 0 N–H and O–H groups in total. The number of hydrogen-bond donors (Lipinski definition) is 0. The first-order valence-electron chi connectivity index (χ1n) is 19.4. The third-order valence-electron chi connectivity index (χ3n) is 11.3. The molecule has 0 saturated heterocycles. The van der Waals surface area contributed by atoms with Crippen molar-refractivity contribution in [3.05, 3.63) is 175 Å². The summed E-state index contributed by atoms with van der Waals surface area (Å²) in [6, 6.07) is 58.1. The second kappa shape index (κ2) is 13.4. The molecule has 0 amide bonds. The van der Waals surface area contributed by atoms with Crippen LogP contribution in [-0.4, -0.2) is 22.9 Å². The van der Waals surface area contributed by atoms with Gasteiger partial charge in [0.15, 0.2) is 0 Å². The molecule has 6 aromatic carbocycles. The summed E-state index contributed by atoms with van der Waals surface area (Å²) in [5, 5.41) is 2.46. The highest BCUT2D eigenvalue weighted by Crippen LogP contribution is 2.44. The first-order valence-corrected chi connectivity index (χ1v) is 19.4. The molecule has 0 bridgehead atoms. The van der Waals surface area contributed by atoms with E-state index in [1.165, 1.54) is 61.0 Å². The molecule has 9 rings (SSSR count). The van der Waals surface area contributed by atoms with Gasteiger partial charge in [0.05, 0.1) is 22.4 Å². The third-order valence-corrected chi connectivity index (χ3v) is 11.3. The van der Waals surface area contributed by atoms with E-state index in [9.17, 15) is 0 Å². The SMILES string of the molecule is CC(C)(C)c1cccc(N2CN(c3cccc(B(c4ccccc4)c4ccc5c6ccccc6n(-c6cc(C(C)(C)C)ccn6)c5c4)c3)c3ccccc32)c1. The van der Waals surface area contributed by atoms with Crippen LogP contribution in [0.3, 0.4) is 0 Å². The second-order valence-electron chi connectivity index (χ2n) is 17.0. The standard InChI is InChI=1S/C50H47BN4/c1-49(2,3)35-16-14-20-40(30-35)53-34-54(46-25-13-12-24-45(46)53)41-21-15-19-38(32-41)51(37-17-8-7-9-18-37)39-26-27-43-42-22-10-11-23-44(42)55(47(43)33-39)48-31-36(28-29-52-48)50(4,5)6/h7-33H,34H2,1-6H3. The van der Waals surface area contributed by atoms with Crippen LogP contribution in [0.15, 0.2) is 164 Å². The van der Waals surface area contributed by atoms with E-state index in [0.29, 0.717) is 0 Å². The molecular weight excluding hydrogens is 667 g/mol. The monoisotopic (exact) mass is 714 g/mol. The predicted molar refractivity (Wildman–Crippen MR) is 236 cm³/mol. The van der Waals surface area contributed by atoms with Gasteiger partial charge in [-0.05, 0) is 82.6 Å². The van der Waals surface area contributed by atoms with E-state index < -0.39 is 0 Å². The van der Waals surface area contributed by atoms with Gasteiger partial charge in [0.25, 0.3) is 0 Å². The molecule has 3 heterocycles. The molecule has 0 saturated carbocycles. The highest BCUT2D eigenvalue weighted by molar-refractivity contribution is 6.95. The fourth-order valence-corrected chi connectivity index (χ4v) is 8.31. The van der Waals surface area contributed by atoms with E-state index in [2.05, 4.69) is 214 Å². The summed E-state index contributed by atoms with van der Waals surface area (Å²) < 4.78 is 2.35. The van der Waals surface area contributed by atoms with Gasteiger partial charge in [-0.1, -0.05) is 155 Å². The number of rotatable bonds is 6. The van der Waals surface area contributed by atoms with Gasteiger partial charge in [-0.3, -0.25) is 4.57 Å². The smallest absolute Gasteiger partial charge is 0.241 e. The van der Waals surface area contributed by atoms with Gasteiger partial charge in [-0.2, -0.15) is 0 Å². The Bertz CT molecular complexity index is 2680. The van der Waals surface area contributed by atoms with Crippen molar-refractivity contribution in [3.63, 3.8) is 0 Å². The maximum atomic E-state index is 4.96. The predicted octanol–water partition coefficient (Wildman–Crippen LogP) is 10.5. The summed E-state index contributed by atoms with van der Waals surface area (Å²) in [6.07, 6.45) is 1.96. The molecule has 0 aliphatic carbocycles. The van der Waals surface area contributed by atoms with Gasteiger partial charge in [-0.15, -0.1) is 0 Å². The Morgan fingerprint density at radius 1 is 0.473 bits per heavy atom. The summed E-state index contributed by atoms with van der Waals surface area (Å²) in [5.74, 6) is 0.944. The van der Waals surface area contributed by atoms with Gasteiger partial charge in [0, 0.05) is 28.3 Å². The molecule has 5 heteroatoms. The van der Waals surface area contributed by atoms with E-state index in [0.717, 1.165) is 23.5 Å². The normalized spacial score (nSPS) is 13.1. The number of benzene rings is 6. The summed E-state index contributed by atoms with van der Waals surface area (Å²) in [6.45, 7) is 14.4. The van der Waals surface area contributed by atoms with Crippen LogP contribution in [0.2, 0.25) is 0 Å². The van der Waals surface area contributed by atoms with E-state index in [1.54, 1.807) is 0 Å². The van der Waals surface area contributed by atoms with Crippen molar-refractivity contribution in [2.24, 2.45) is 0 Å². The second-order valence-corrected chi connectivity index (χ2v) is 17.0. The molecule has 0 radical (unpaired) electrons. The minimum atomic E-state index is 0.00831. The van der Waals surface area contributed by atoms with Crippen LogP contribution in [0.4, 0.5) is 22.7 Å². The van der Waals surface area contributed by atoms with Crippen LogP contribution >= 0.6 is 0 Å². The molecule has 0 atom stereocenters. The van der Waals surface area contributed by atoms with Crippen LogP contribution in [-0.2, 0) is 10.8 Å². The minimum Gasteiger partial charge on any atom is -0.321 e. The topological polar surface area (TPSA) is 24.3 Å². The molecule has 1 aliphatic heterocycles. The molecule has 0 unspecified atom stereocenters. The summed E-state index contributed by atoms with van der Waals surface area (Å²) in [5.41, 5.74) is 13.6. The van der Waals surface area contributed by atoms with Crippen LogP contribution in [0.25, 0.3) is 27.6 Å². The Balaban J connectivity index is 1.17. The lowest BCUT2D eigenvalue weighted by molar-refractivity contribution is 0.588. The molecule has 270 valence electrons. The van der Waals surface area contributed by atoms with Crippen LogP contribution in [0, 0.1) is 0 Å². The number of anilines is 4. The number of nitrogens with zero attached hydrogens (tertiary/aromatic N) is 4. The number of pyridine rings is 1. The Kier molecular flexibility index (Phi) is 8.42. The summed E-state index contributed by atoms with van der Waals surface area (Å²) in [4.78, 5) is 9.86. The van der Waals surface area contributed by atoms with E-state index >= 15 is 0 Å². The van der Waals surface area contributed by atoms with Gasteiger partial charge in [0.2, 0.25) is 6.71 Å². The number of para-hydroxylation sites is 3. The first-order chi connectivity index (χ1) is 26.5. The molecular formula is C50H47BN4. The van der Waals surface area contributed by atoms with Gasteiger partial charge in [-0.25, -0.2) is 4.98 Å². The lowest BCUT2D eigenvalue weighted by Gasteiger charge is -2.25. The minimum absolute atomic E-state index is 0.00831. The quantitative estimate of drug-likeness (QED) is 0.160. The van der Waals surface area contributed by atoms with Crippen molar-refractivity contribution in [2.45, 2.75) is 52.4 Å². The first kappa shape index (κ1) is 34.7. The maximum Gasteiger partial charge on any atom is 0.241 e. The third kappa shape index (κ3) is 6.28. The average molecular weight is 715 g/mol. The lowest BCUT2D eigenvalue weighted by atomic mass is 9.37. The fourth-order valence-electron chi connectivity index (χ4n) is 8.31. The van der Waals surface area contributed by atoms with Crippen molar-refractivity contribution in [1.29, 1.82) is 0 Å². The number of aromatic nitrogens is 2.